The van der Waals surface area contributed by atoms with Crippen molar-refractivity contribution in [2.75, 3.05) is 4.90 Å². The van der Waals surface area contributed by atoms with Crippen LogP contribution < -0.4 is 9.64 Å². The van der Waals surface area contributed by atoms with Crippen LogP contribution in [0.1, 0.15) is 22.3 Å². The molecule has 0 radical (unpaired) electrons. The second-order valence-corrected chi connectivity index (χ2v) is 12.9. The second-order valence-electron chi connectivity index (χ2n) is 12.9. The van der Waals surface area contributed by atoms with Gasteiger partial charge in [-0.2, -0.15) is 0 Å². The summed E-state index contributed by atoms with van der Waals surface area (Å²) in [4.78, 5) is 2.39. The average Bonchev–Trinajstić information content (AvgIpc) is 3.46. The fourth-order valence-corrected chi connectivity index (χ4v) is 8.20. The lowest BCUT2D eigenvalue weighted by Crippen LogP contribution is -2.32. The van der Waals surface area contributed by atoms with Crippen LogP contribution in [0.4, 0.5) is 17.1 Å². The van der Waals surface area contributed by atoms with Gasteiger partial charge in [0.25, 0.3) is 0 Å². The summed E-state index contributed by atoms with van der Waals surface area (Å²) in [5.41, 5.74) is 12.5. The predicted octanol–water partition coefficient (Wildman–Crippen LogP) is 12.4. The number of hydrogen-bond acceptors (Lipinski definition) is 2. The lowest BCUT2D eigenvalue weighted by atomic mass is 9.66. The first-order valence-electron chi connectivity index (χ1n) is 16.8. The molecule has 8 aromatic rings. The smallest absolute Gasteiger partial charge is 0.132 e. The number of benzene rings is 8. The molecule has 1 spiro atoms. The summed E-state index contributed by atoms with van der Waals surface area (Å²) >= 11 is 0. The second kappa shape index (κ2) is 10.8. The van der Waals surface area contributed by atoms with E-state index in [1.807, 2.05) is 0 Å². The van der Waals surface area contributed by atoms with Crippen molar-refractivity contribution >= 4 is 27.8 Å². The van der Waals surface area contributed by atoms with Gasteiger partial charge in [0, 0.05) is 28.2 Å². The van der Waals surface area contributed by atoms with Crippen LogP contribution in [0.15, 0.2) is 188 Å². The molecular formula is C47H31NO. The lowest BCUT2D eigenvalue weighted by Gasteiger charge is -2.40. The Morgan fingerprint density at radius 2 is 0.918 bits per heavy atom. The zero-order valence-corrected chi connectivity index (χ0v) is 26.8. The van der Waals surface area contributed by atoms with E-state index >= 15 is 0 Å². The third kappa shape index (κ3) is 4.14. The third-order valence-electron chi connectivity index (χ3n) is 10.3. The predicted molar refractivity (Wildman–Crippen MR) is 201 cm³/mol. The average molecular weight is 626 g/mol. The Hall–Kier alpha value is -6.38. The van der Waals surface area contributed by atoms with Crippen LogP contribution in [0.5, 0.6) is 11.5 Å². The molecule has 8 aromatic carbocycles. The molecule has 0 bridgehead atoms. The summed E-state index contributed by atoms with van der Waals surface area (Å²) in [5.74, 6) is 1.78. The molecule has 1 aliphatic heterocycles. The normalized spacial score (nSPS) is 13.2. The molecule has 1 heterocycles. The van der Waals surface area contributed by atoms with E-state index in [0.29, 0.717) is 0 Å². The molecule has 2 nitrogen and oxygen atoms in total. The number of anilines is 3. The summed E-state index contributed by atoms with van der Waals surface area (Å²) in [6.07, 6.45) is 0. The summed E-state index contributed by atoms with van der Waals surface area (Å²) in [6.45, 7) is 0. The molecular weight excluding hydrogens is 595 g/mol. The molecule has 0 saturated heterocycles. The maximum absolute atomic E-state index is 6.76. The van der Waals surface area contributed by atoms with Gasteiger partial charge in [0.1, 0.15) is 11.5 Å². The summed E-state index contributed by atoms with van der Waals surface area (Å²) < 4.78 is 6.76. The van der Waals surface area contributed by atoms with E-state index in [1.54, 1.807) is 0 Å². The molecule has 0 fully saturated rings. The lowest BCUT2D eigenvalue weighted by molar-refractivity contribution is 0.436. The van der Waals surface area contributed by atoms with E-state index in [-0.39, 0.29) is 0 Å². The SMILES string of the molecule is c1ccc(-c2cccc(N(c3ccc4c(c3)C3(c5ccccc5O4)c4ccccc4-c4ccccc43)c3ccc4ccccc4c3)c2)cc1. The molecule has 49 heavy (non-hydrogen) atoms. The van der Waals surface area contributed by atoms with Crippen LogP contribution in [0, 0.1) is 0 Å². The Labute approximate surface area is 286 Å². The molecule has 230 valence electrons. The molecule has 1 aliphatic carbocycles. The van der Waals surface area contributed by atoms with Crippen molar-refractivity contribution in [1.82, 2.24) is 0 Å². The highest BCUT2D eigenvalue weighted by atomic mass is 16.5. The minimum Gasteiger partial charge on any atom is -0.457 e. The monoisotopic (exact) mass is 625 g/mol. The zero-order chi connectivity index (χ0) is 32.4. The van der Waals surface area contributed by atoms with Gasteiger partial charge in [0.15, 0.2) is 0 Å². The molecule has 0 amide bonds. The maximum Gasteiger partial charge on any atom is 0.132 e. The van der Waals surface area contributed by atoms with Gasteiger partial charge in [0.05, 0.1) is 5.41 Å². The van der Waals surface area contributed by atoms with Crippen molar-refractivity contribution < 1.29 is 4.74 Å². The van der Waals surface area contributed by atoms with Crippen molar-refractivity contribution in [3.63, 3.8) is 0 Å². The van der Waals surface area contributed by atoms with Crippen molar-refractivity contribution in [3.05, 3.63) is 210 Å². The molecule has 0 unspecified atom stereocenters. The van der Waals surface area contributed by atoms with Gasteiger partial charge >= 0.3 is 0 Å². The molecule has 2 aliphatic rings. The van der Waals surface area contributed by atoms with E-state index in [0.717, 1.165) is 34.1 Å². The Morgan fingerprint density at radius 3 is 1.71 bits per heavy atom. The third-order valence-corrected chi connectivity index (χ3v) is 10.3. The summed E-state index contributed by atoms with van der Waals surface area (Å²) in [6, 6.07) is 67.9. The Bertz CT molecular complexity index is 2500. The highest BCUT2D eigenvalue weighted by Gasteiger charge is 2.51. The quantitative estimate of drug-likeness (QED) is 0.193. The Morgan fingerprint density at radius 1 is 0.347 bits per heavy atom. The molecule has 0 N–H and O–H groups in total. The van der Waals surface area contributed by atoms with Crippen molar-refractivity contribution in [2.45, 2.75) is 5.41 Å². The summed E-state index contributed by atoms with van der Waals surface area (Å²) in [7, 11) is 0. The highest BCUT2D eigenvalue weighted by Crippen LogP contribution is 2.62. The van der Waals surface area contributed by atoms with E-state index in [9.17, 15) is 0 Å². The van der Waals surface area contributed by atoms with Crippen LogP contribution in [-0.2, 0) is 5.41 Å². The van der Waals surface area contributed by atoms with Crippen LogP contribution >= 0.6 is 0 Å². The van der Waals surface area contributed by atoms with E-state index in [1.165, 1.54) is 49.7 Å². The van der Waals surface area contributed by atoms with Crippen LogP contribution in [0.3, 0.4) is 0 Å². The summed E-state index contributed by atoms with van der Waals surface area (Å²) in [5, 5.41) is 2.42. The van der Waals surface area contributed by atoms with Gasteiger partial charge in [-0.15, -0.1) is 0 Å². The molecule has 10 rings (SSSR count). The van der Waals surface area contributed by atoms with Crippen molar-refractivity contribution in [3.8, 4) is 33.8 Å². The number of ether oxygens (including phenoxy) is 1. The molecule has 0 aromatic heterocycles. The minimum atomic E-state index is -0.533. The fraction of sp³-hybridized carbons (Fsp3) is 0.0213. The largest absolute Gasteiger partial charge is 0.457 e. The van der Waals surface area contributed by atoms with Gasteiger partial charge in [-0.1, -0.05) is 140 Å². The maximum atomic E-state index is 6.76. The number of nitrogens with zero attached hydrogens (tertiary/aromatic N) is 1. The molecule has 2 heteroatoms. The Kier molecular flexibility index (Phi) is 6.13. The highest BCUT2D eigenvalue weighted by molar-refractivity contribution is 5.92. The number of rotatable bonds is 4. The first kappa shape index (κ1) is 27.7. The minimum absolute atomic E-state index is 0.533. The van der Waals surface area contributed by atoms with Crippen LogP contribution in [-0.4, -0.2) is 0 Å². The first-order chi connectivity index (χ1) is 24.3. The molecule has 0 atom stereocenters. The van der Waals surface area contributed by atoms with Gasteiger partial charge in [0.2, 0.25) is 0 Å². The van der Waals surface area contributed by atoms with E-state index < -0.39 is 5.41 Å². The van der Waals surface area contributed by atoms with Crippen molar-refractivity contribution in [1.29, 1.82) is 0 Å². The van der Waals surface area contributed by atoms with E-state index in [2.05, 4.69) is 193 Å². The van der Waals surface area contributed by atoms with Crippen molar-refractivity contribution in [2.24, 2.45) is 0 Å². The van der Waals surface area contributed by atoms with Gasteiger partial charge in [-0.05, 0) is 92.7 Å². The van der Waals surface area contributed by atoms with E-state index in [4.69, 9.17) is 4.74 Å². The van der Waals surface area contributed by atoms with Gasteiger partial charge < -0.3 is 9.64 Å². The topological polar surface area (TPSA) is 12.5 Å². The van der Waals surface area contributed by atoms with Crippen LogP contribution in [0.25, 0.3) is 33.0 Å². The number of para-hydroxylation sites is 1. The van der Waals surface area contributed by atoms with Gasteiger partial charge in [-0.3, -0.25) is 0 Å². The number of hydrogen-bond donors (Lipinski definition) is 0. The first-order valence-corrected chi connectivity index (χ1v) is 16.8. The fourth-order valence-electron chi connectivity index (χ4n) is 8.20. The standard InChI is InChI=1S/C47H31NO/c1-2-13-32(14-3-1)35-17-12-18-36(29-35)48(37-26-25-33-15-4-5-16-34(33)30-37)38-27-28-46-44(31-38)47(43-23-10-11-24-45(43)49-46)41-21-8-6-19-39(41)40-20-7-9-22-42(40)47/h1-31H. The zero-order valence-electron chi connectivity index (χ0n) is 26.8. The number of fused-ring (bicyclic) bond motifs is 10. The Balaban J connectivity index is 1.25. The molecule has 0 saturated carbocycles. The van der Waals surface area contributed by atoms with Gasteiger partial charge in [-0.25, -0.2) is 0 Å². The van der Waals surface area contributed by atoms with Crippen LogP contribution in [0.2, 0.25) is 0 Å².